The van der Waals surface area contributed by atoms with Gasteiger partial charge in [-0.2, -0.15) is 11.0 Å². The standard InChI is InChI=1S/C29H40N4O6/c1-5-28(6-2,18-20-9-13-22(30)14-10-20)26(36)32-38-24(34)17-25(35)39-33-27(37)29(7-3,8-4)19-21-11-15-23(31)16-12-21/h9-16H,5-8,17-19,30-31H2,1-4H3,(H,32,36)(H,33,37). The average molecular weight is 541 g/mol. The smallest absolute Gasteiger partial charge is 0.343 e. The maximum absolute atomic E-state index is 13.0. The van der Waals surface area contributed by atoms with E-state index in [1.807, 2.05) is 52.0 Å². The second-order valence-electron chi connectivity index (χ2n) is 9.80. The zero-order valence-corrected chi connectivity index (χ0v) is 23.2. The van der Waals surface area contributed by atoms with Crippen molar-refractivity contribution in [2.24, 2.45) is 10.8 Å². The molecular weight excluding hydrogens is 500 g/mol. The maximum Gasteiger partial charge on any atom is 0.343 e. The van der Waals surface area contributed by atoms with Crippen LogP contribution in [0.2, 0.25) is 0 Å². The molecule has 0 aliphatic carbocycles. The van der Waals surface area contributed by atoms with Gasteiger partial charge < -0.3 is 21.1 Å². The van der Waals surface area contributed by atoms with Crippen molar-refractivity contribution in [3.05, 3.63) is 59.7 Å². The van der Waals surface area contributed by atoms with Crippen molar-refractivity contribution >= 4 is 35.1 Å². The van der Waals surface area contributed by atoms with E-state index < -0.39 is 41.0 Å². The van der Waals surface area contributed by atoms with E-state index in [1.54, 1.807) is 24.3 Å². The van der Waals surface area contributed by atoms with Gasteiger partial charge in [-0.15, -0.1) is 0 Å². The van der Waals surface area contributed by atoms with Crippen molar-refractivity contribution in [2.45, 2.75) is 72.6 Å². The summed E-state index contributed by atoms with van der Waals surface area (Å²) >= 11 is 0. The van der Waals surface area contributed by atoms with Crippen LogP contribution in [0, 0.1) is 10.8 Å². The summed E-state index contributed by atoms with van der Waals surface area (Å²) < 4.78 is 0. The fourth-order valence-electron chi connectivity index (χ4n) is 4.47. The van der Waals surface area contributed by atoms with Crippen molar-refractivity contribution in [2.75, 3.05) is 11.5 Å². The van der Waals surface area contributed by atoms with Crippen LogP contribution in [-0.2, 0) is 41.7 Å². The number of nitrogens with two attached hydrogens (primary N) is 2. The van der Waals surface area contributed by atoms with Gasteiger partial charge in [0.1, 0.15) is 6.42 Å². The maximum atomic E-state index is 13.0. The van der Waals surface area contributed by atoms with Crippen LogP contribution in [0.4, 0.5) is 11.4 Å². The van der Waals surface area contributed by atoms with Gasteiger partial charge in [-0.1, -0.05) is 52.0 Å². The van der Waals surface area contributed by atoms with Crippen LogP contribution >= 0.6 is 0 Å². The molecule has 2 rings (SSSR count). The minimum atomic E-state index is -1.02. The Balaban J connectivity index is 1.90. The number of hydrogen-bond acceptors (Lipinski definition) is 8. The van der Waals surface area contributed by atoms with Crippen LogP contribution in [0.3, 0.4) is 0 Å². The Hall–Kier alpha value is -4.08. The Morgan fingerprint density at radius 3 is 1.21 bits per heavy atom. The summed E-state index contributed by atoms with van der Waals surface area (Å²) in [5.74, 6) is -2.99. The normalized spacial score (nSPS) is 11.4. The number of carbonyl (C=O) groups excluding carboxylic acids is 4. The van der Waals surface area contributed by atoms with Gasteiger partial charge in [-0.25, -0.2) is 9.59 Å². The molecule has 0 aliphatic heterocycles. The van der Waals surface area contributed by atoms with Crippen LogP contribution in [0.1, 0.15) is 70.9 Å². The van der Waals surface area contributed by atoms with Crippen molar-refractivity contribution < 1.29 is 28.9 Å². The first-order valence-corrected chi connectivity index (χ1v) is 13.2. The van der Waals surface area contributed by atoms with Gasteiger partial charge in [0.2, 0.25) is 0 Å². The molecule has 0 fully saturated rings. The first-order valence-electron chi connectivity index (χ1n) is 13.2. The Morgan fingerprint density at radius 2 is 0.923 bits per heavy atom. The lowest BCUT2D eigenvalue weighted by atomic mass is 9.76. The Bertz CT molecular complexity index is 1030. The lowest BCUT2D eigenvalue weighted by Gasteiger charge is -2.30. The SMILES string of the molecule is CCC(CC)(Cc1ccc(N)cc1)C(=O)NOC(=O)CC(=O)ONC(=O)C(CC)(CC)Cc1ccc(N)cc1. The van der Waals surface area contributed by atoms with E-state index in [0.717, 1.165) is 11.1 Å². The third kappa shape index (κ3) is 8.46. The van der Waals surface area contributed by atoms with E-state index in [4.69, 9.17) is 21.1 Å². The van der Waals surface area contributed by atoms with E-state index in [2.05, 4.69) is 11.0 Å². The van der Waals surface area contributed by atoms with E-state index in [0.29, 0.717) is 49.9 Å². The highest BCUT2D eigenvalue weighted by molar-refractivity contribution is 5.93. The number of nitrogens with one attached hydrogen (secondary N) is 2. The van der Waals surface area contributed by atoms with E-state index in [9.17, 15) is 19.2 Å². The van der Waals surface area contributed by atoms with Crippen molar-refractivity contribution in [3.8, 4) is 0 Å². The van der Waals surface area contributed by atoms with Crippen molar-refractivity contribution in [1.82, 2.24) is 11.0 Å². The van der Waals surface area contributed by atoms with Gasteiger partial charge in [0, 0.05) is 11.4 Å². The molecule has 2 amide bonds. The van der Waals surface area contributed by atoms with Crippen molar-refractivity contribution in [1.29, 1.82) is 0 Å². The van der Waals surface area contributed by atoms with Crippen LogP contribution < -0.4 is 22.4 Å². The molecule has 0 saturated heterocycles. The summed E-state index contributed by atoms with van der Waals surface area (Å²) in [6.45, 7) is 7.51. The molecule has 10 heteroatoms. The summed E-state index contributed by atoms with van der Waals surface area (Å²) in [5, 5.41) is 0. The molecule has 2 aromatic rings. The summed E-state index contributed by atoms with van der Waals surface area (Å²) in [6.07, 6.45) is 2.04. The lowest BCUT2D eigenvalue weighted by Crippen LogP contribution is -2.44. The van der Waals surface area contributed by atoms with E-state index in [-0.39, 0.29) is 0 Å². The second-order valence-corrected chi connectivity index (χ2v) is 9.80. The van der Waals surface area contributed by atoms with E-state index in [1.165, 1.54) is 0 Å². The Kier molecular flexibility index (Phi) is 11.3. The molecule has 0 unspecified atom stereocenters. The molecule has 212 valence electrons. The highest BCUT2D eigenvalue weighted by Crippen LogP contribution is 2.33. The summed E-state index contributed by atoms with van der Waals surface area (Å²) in [4.78, 5) is 60.0. The highest BCUT2D eigenvalue weighted by atomic mass is 16.7. The monoisotopic (exact) mass is 540 g/mol. The third-order valence-electron chi connectivity index (χ3n) is 7.52. The Morgan fingerprint density at radius 1 is 0.615 bits per heavy atom. The van der Waals surface area contributed by atoms with Gasteiger partial charge in [0.15, 0.2) is 0 Å². The van der Waals surface area contributed by atoms with Gasteiger partial charge in [-0.05, 0) is 73.9 Å². The largest absolute Gasteiger partial charge is 0.399 e. The number of hydrogen-bond donors (Lipinski definition) is 4. The predicted octanol–water partition coefficient (Wildman–Crippen LogP) is 3.79. The van der Waals surface area contributed by atoms with Crippen LogP contribution in [-0.4, -0.2) is 23.8 Å². The number of nitrogen functional groups attached to an aromatic ring is 2. The molecule has 0 atom stereocenters. The number of rotatable bonds is 12. The van der Waals surface area contributed by atoms with Gasteiger partial charge in [0.25, 0.3) is 11.8 Å². The number of anilines is 2. The lowest BCUT2D eigenvalue weighted by molar-refractivity contribution is -0.171. The molecule has 0 aromatic heterocycles. The minimum Gasteiger partial charge on any atom is -0.399 e. The first-order chi connectivity index (χ1) is 18.5. The topological polar surface area (TPSA) is 163 Å². The number of carbonyl (C=O) groups is 4. The zero-order chi connectivity index (χ0) is 29.1. The highest BCUT2D eigenvalue weighted by Gasteiger charge is 2.37. The predicted molar refractivity (Wildman–Crippen MR) is 148 cm³/mol. The van der Waals surface area contributed by atoms with E-state index >= 15 is 0 Å². The summed E-state index contributed by atoms with van der Waals surface area (Å²) in [5.41, 5.74) is 17.3. The first kappa shape index (κ1) is 31.1. The summed E-state index contributed by atoms with van der Waals surface area (Å²) in [6, 6.07) is 14.4. The van der Waals surface area contributed by atoms with Crippen LogP contribution in [0.5, 0.6) is 0 Å². The molecule has 0 heterocycles. The number of hydroxylamine groups is 2. The van der Waals surface area contributed by atoms with Crippen molar-refractivity contribution in [3.63, 3.8) is 0 Å². The van der Waals surface area contributed by atoms with Gasteiger partial charge in [-0.3, -0.25) is 9.59 Å². The Labute approximate surface area is 229 Å². The molecular formula is C29H40N4O6. The van der Waals surface area contributed by atoms with Crippen LogP contribution in [0.25, 0.3) is 0 Å². The molecule has 0 aliphatic rings. The molecule has 2 aromatic carbocycles. The zero-order valence-electron chi connectivity index (χ0n) is 23.2. The van der Waals surface area contributed by atoms with Gasteiger partial charge in [0.05, 0.1) is 10.8 Å². The average Bonchev–Trinajstić information content (AvgIpc) is 2.94. The quantitative estimate of drug-likeness (QED) is 0.179. The molecule has 0 bridgehead atoms. The molecule has 6 N–H and O–H groups in total. The van der Waals surface area contributed by atoms with Crippen LogP contribution in [0.15, 0.2) is 48.5 Å². The third-order valence-corrected chi connectivity index (χ3v) is 7.52. The second kappa shape index (κ2) is 14.2. The fourth-order valence-corrected chi connectivity index (χ4v) is 4.47. The van der Waals surface area contributed by atoms with Gasteiger partial charge >= 0.3 is 11.9 Å². The molecule has 39 heavy (non-hydrogen) atoms. The number of benzene rings is 2. The summed E-state index contributed by atoms with van der Waals surface area (Å²) in [7, 11) is 0. The fraction of sp³-hybridized carbons (Fsp3) is 0.448. The molecule has 0 radical (unpaired) electrons. The molecule has 0 spiro atoms. The molecule has 10 nitrogen and oxygen atoms in total. The number of amides is 2. The minimum absolute atomic E-state index is 0.421. The molecule has 0 saturated carbocycles.